The molecule has 0 amide bonds. The third kappa shape index (κ3) is 1.26. The fourth-order valence-corrected chi connectivity index (χ4v) is 1.12. The zero-order chi connectivity index (χ0) is 7.56. The van der Waals surface area contributed by atoms with Crippen LogP contribution in [0.25, 0.3) is 0 Å². The van der Waals surface area contributed by atoms with E-state index in [4.69, 9.17) is 11.1 Å². The molecule has 0 radical (unpaired) electrons. The first-order valence-corrected chi connectivity index (χ1v) is 3.28. The predicted octanol–water partition coefficient (Wildman–Crippen LogP) is -0.599. The molecule has 0 spiro atoms. The fourth-order valence-electron chi connectivity index (χ4n) is 1.12. The van der Waals surface area contributed by atoms with Crippen LogP contribution >= 0.6 is 0 Å². The summed E-state index contributed by atoms with van der Waals surface area (Å²) in [6.07, 6.45) is 1.77. The van der Waals surface area contributed by atoms with E-state index in [2.05, 4.69) is 0 Å². The van der Waals surface area contributed by atoms with Gasteiger partial charge in [0, 0.05) is 19.0 Å². The minimum Gasteiger partial charge on any atom is -0.370 e. The maximum atomic E-state index is 10.2. The number of carbonyl (C=O) groups excluding carboxylic acids is 1. The Kier molecular flexibility index (Phi) is 1.89. The van der Waals surface area contributed by atoms with Crippen molar-refractivity contribution in [3.8, 4) is 0 Å². The molecule has 56 valence electrons. The van der Waals surface area contributed by atoms with Crippen molar-refractivity contribution in [2.24, 2.45) is 11.7 Å². The van der Waals surface area contributed by atoms with E-state index in [0.29, 0.717) is 6.54 Å². The van der Waals surface area contributed by atoms with Gasteiger partial charge in [0.2, 0.25) is 0 Å². The number of carbonyl (C=O) groups is 1. The van der Waals surface area contributed by atoms with Crippen LogP contribution in [0.1, 0.15) is 6.42 Å². The Morgan fingerprint density at radius 3 is 2.80 bits per heavy atom. The van der Waals surface area contributed by atoms with Crippen molar-refractivity contribution in [2.75, 3.05) is 13.1 Å². The Bertz CT molecular complexity index is 157. The quantitative estimate of drug-likeness (QED) is 0.291. The molecular formula is C6H11N3O. The van der Waals surface area contributed by atoms with Gasteiger partial charge in [-0.2, -0.15) is 0 Å². The van der Waals surface area contributed by atoms with Gasteiger partial charge in [0.05, 0.1) is 0 Å². The normalized spacial score (nSPS) is 24.8. The van der Waals surface area contributed by atoms with Crippen LogP contribution in [0.2, 0.25) is 0 Å². The van der Waals surface area contributed by atoms with Gasteiger partial charge in [-0.3, -0.25) is 5.41 Å². The number of hydrogen-bond donors (Lipinski definition) is 2. The highest BCUT2D eigenvalue weighted by Crippen LogP contribution is 2.12. The van der Waals surface area contributed by atoms with Gasteiger partial charge < -0.3 is 15.4 Å². The first-order chi connectivity index (χ1) is 4.74. The number of nitrogens with one attached hydrogen (secondary N) is 1. The number of guanidine groups is 1. The number of nitrogens with two attached hydrogens (primary N) is 1. The smallest absolute Gasteiger partial charge is 0.188 e. The third-order valence-electron chi connectivity index (χ3n) is 1.76. The summed E-state index contributed by atoms with van der Waals surface area (Å²) in [7, 11) is 0. The highest BCUT2D eigenvalue weighted by molar-refractivity contribution is 5.75. The summed E-state index contributed by atoms with van der Waals surface area (Å²) in [6.45, 7) is 1.37. The average molecular weight is 141 g/mol. The minimum absolute atomic E-state index is 0.0735. The highest BCUT2D eigenvalue weighted by atomic mass is 16.1. The SMILES string of the molecule is N=C(N)N1CCC(C=O)C1. The molecule has 0 aliphatic carbocycles. The molecule has 1 fully saturated rings. The van der Waals surface area contributed by atoms with Crippen molar-refractivity contribution < 1.29 is 4.79 Å². The summed E-state index contributed by atoms with van der Waals surface area (Å²) < 4.78 is 0. The summed E-state index contributed by atoms with van der Waals surface area (Å²) in [5, 5.41) is 7.04. The second-order valence-electron chi connectivity index (χ2n) is 2.52. The van der Waals surface area contributed by atoms with Gasteiger partial charge in [-0.05, 0) is 6.42 Å². The van der Waals surface area contributed by atoms with E-state index in [0.717, 1.165) is 19.3 Å². The summed E-state index contributed by atoms with van der Waals surface area (Å²) in [5.41, 5.74) is 5.21. The highest BCUT2D eigenvalue weighted by Gasteiger charge is 2.21. The topological polar surface area (TPSA) is 70.2 Å². The van der Waals surface area contributed by atoms with Gasteiger partial charge in [-0.1, -0.05) is 0 Å². The number of likely N-dealkylation sites (tertiary alicyclic amines) is 1. The first kappa shape index (κ1) is 7.05. The molecule has 10 heavy (non-hydrogen) atoms. The Morgan fingerprint density at radius 1 is 1.80 bits per heavy atom. The lowest BCUT2D eigenvalue weighted by Crippen LogP contribution is -2.34. The molecule has 1 aliphatic heterocycles. The van der Waals surface area contributed by atoms with E-state index in [1.807, 2.05) is 0 Å². The van der Waals surface area contributed by atoms with Crippen LogP contribution in [0.3, 0.4) is 0 Å². The molecule has 0 aromatic rings. The lowest BCUT2D eigenvalue weighted by atomic mass is 10.1. The van der Waals surface area contributed by atoms with Crippen molar-refractivity contribution in [1.82, 2.24) is 4.90 Å². The number of hydrogen-bond acceptors (Lipinski definition) is 2. The van der Waals surface area contributed by atoms with Crippen molar-refractivity contribution >= 4 is 12.2 Å². The Morgan fingerprint density at radius 2 is 2.50 bits per heavy atom. The van der Waals surface area contributed by atoms with Crippen LogP contribution in [0.5, 0.6) is 0 Å². The van der Waals surface area contributed by atoms with E-state index < -0.39 is 0 Å². The Hall–Kier alpha value is -1.06. The van der Waals surface area contributed by atoms with E-state index in [-0.39, 0.29) is 11.9 Å². The minimum atomic E-state index is 0.0735. The predicted molar refractivity (Wildman–Crippen MR) is 37.7 cm³/mol. The second-order valence-corrected chi connectivity index (χ2v) is 2.52. The lowest BCUT2D eigenvalue weighted by molar-refractivity contribution is -0.110. The molecule has 4 heteroatoms. The molecule has 1 unspecified atom stereocenters. The molecule has 1 heterocycles. The molecule has 0 aromatic carbocycles. The van der Waals surface area contributed by atoms with Crippen LogP contribution < -0.4 is 5.73 Å². The van der Waals surface area contributed by atoms with Crippen molar-refractivity contribution in [3.63, 3.8) is 0 Å². The van der Waals surface area contributed by atoms with Crippen LogP contribution in [-0.4, -0.2) is 30.2 Å². The second kappa shape index (κ2) is 2.68. The lowest BCUT2D eigenvalue weighted by Gasteiger charge is -2.13. The van der Waals surface area contributed by atoms with Crippen molar-refractivity contribution in [2.45, 2.75) is 6.42 Å². The van der Waals surface area contributed by atoms with Gasteiger partial charge in [0.15, 0.2) is 5.96 Å². The van der Waals surface area contributed by atoms with E-state index in [1.165, 1.54) is 0 Å². The largest absolute Gasteiger partial charge is 0.370 e. The van der Waals surface area contributed by atoms with Crippen LogP contribution in [-0.2, 0) is 4.79 Å². The van der Waals surface area contributed by atoms with Crippen LogP contribution in [0.4, 0.5) is 0 Å². The van der Waals surface area contributed by atoms with Gasteiger partial charge in [0.1, 0.15) is 6.29 Å². The number of aldehydes is 1. The molecule has 0 aromatic heterocycles. The average Bonchev–Trinajstić information content (AvgIpc) is 2.34. The van der Waals surface area contributed by atoms with Gasteiger partial charge in [-0.25, -0.2) is 0 Å². The molecule has 1 atom stereocenters. The maximum absolute atomic E-state index is 10.2. The molecule has 3 N–H and O–H groups in total. The Balaban J connectivity index is 2.42. The van der Waals surface area contributed by atoms with Crippen LogP contribution in [0.15, 0.2) is 0 Å². The molecule has 0 saturated carbocycles. The molecule has 4 nitrogen and oxygen atoms in total. The molecule has 0 bridgehead atoms. The van der Waals surface area contributed by atoms with Gasteiger partial charge in [-0.15, -0.1) is 0 Å². The monoisotopic (exact) mass is 141 g/mol. The first-order valence-electron chi connectivity index (χ1n) is 3.28. The summed E-state index contributed by atoms with van der Waals surface area (Å²) in [4.78, 5) is 11.9. The molecule has 1 saturated heterocycles. The van der Waals surface area contributed by atoms with E-state index in [1.54, 1.807) is 4.90 Å². The van der Waals surface area contributed by atoms with E-state index in [9.17, 15) is 4.79 Å². The number of nitrogens with zero attached hydrogens (tertiary/aromatic N) is 1. The van der Waals surface area contributed by atoms with Gasteiger partial charge >= 0.3 is 0 Å². The standard InChI is InChI=1S/C6H11N3O/c7-6(8)9-2-1-5(3-9)4-10/h4-5H,1-3H2,(H3,7,8). The zero-order valence-electron chi connectivity index (χ0n) is 5.71. The maximum Gasteiger partial charge on any atom is 0.188 e. The number of rotatable bonds is 1. The summed E-state index contributed by atoms with van der Waals surface area (Å²) in [6, 6.07) is 0. The zero-order valence-corrected chi connectivity index (χ0v) is 5.71. The molecular weight excluding hydrogens is 130 g/mol. The van der Waals surface area contributed by atoms with Crippen LogP contribution in [0, 0.1) is 11.3 Å². The summed E-state index contributed by atoms with van der Waals surface area (Å²) >= 11 is 0. The van der Waals surface area contributed by atoms with Crippen molar-refractivity contribution in [3.05, 3.63) is 0 Å². The summed E-state index contributed by atoms with van der Waals surface area (Å²) in [5.74, 6) is 0.160. The van der Waals surface area contributed by atoms with E-state index >= 15 is 0 Å². The van der Waals surface area contributed by atoms with Crippen molar-refractivity contribution in [1.29, 1.82) is 5.41 Å². The molecule has 1 rings (SSSR count). The fraction of sp³-hybridized carbons (Fsp3) is 0.667. The third-order valence-corrected chi connectivity index (χ3v) is 1.76. The van der Waals surface area contributed by atoms with Gasteiger partial charge in [0.25, 0.3) is 0 Å². The Labute approximate surface area is 59.5 Å². The molecule has 1 aliphatic rings.